The van der Waals surface area contributed by atoms with E-state index in [2.05, 4.69) is 152 Å². The molecule has 0 spiro atoms. The summed E-state index contributed by atoms with van der Waals surface area (Å²) in [7, 11) is 0. The highest BCUT2D eigenvalue weighted by molar-refractivity contribution is 6.04. The maximum absolute atomic E-state index is 3.46. The second-order valence-corrected chi connectivity index (χ2v) is 14.7. The lowest BCUT2D eigenvalue weighted by atomic mass is 9.74. The minimum Gasteiger partial charge on any atom is -0.356 e. The van der Waals surface area contributed by atoms with E-state index in [-0.39, 0.29) is 5.41 Å². The van der Waals surface area contributed by atoms with E-state index in [1.54, 1.807) is 0 Å². The maximum atomic E-state index is 3.46. The Morgan fingerprint density at radius 2 is 1.46 bits per heavy atom. The summed E-state index contributed by atoms with van der Waals surface area (Å²) in [6.45, 7) is 28.3. The quantitative estimate of drug-likeness (QED) is 0.329. The van der Waals surface area contributed by atoms with E-state index in [9.17, 15) is 0 Å². The SMILES string of the molecule is C/C=C\C(NC(/C=C\C)=C/C)=C1\C=CC=CC1.CC.CC(C)(C)C.CC(c1ccc2c3c4c(ccc13)C=CCC4=CC2)C(C)(C)C. The molecule has 3 aliphatic rings. The van der Waals surface area contributed by atoms with Gasteiger partial charge in [-0.05, 0) is 113 Å². The van der Waals surface area contributed by atoms with E-state index in [0.29, 0.717) is 11.3 Å². The van der Waals surface area contributed by atoms with Gasteiger partial charge in [0.2, 0.25) is 0 Å². The Balaban J connectivity index is 0.000000274. The molecule has 1 unspecified atom stereocenters. The molecule has 0 bridgehead atoms. The molecule has 0 aromatic heterocycles. The molecular weight excluding hydrogens is 555 g/mol. The number of rotatable bonds is 5. The van der Waals surface area contributed by atoms with E-state index in [0.717, 1.165) is 25.0 Å². The van der Waals surface area contributed by atoms with Crippen LogP contribution in [0, 0.1) is 10.8 Å². The average molecular weight is 618 g/mol. The van der Waals surface area contributed by atoms with Crippen molar-refractivity contribution in [1.82, 2.24) is 5.32 Å². The standard InChI is InChI=1S/C22H24.C16H21N.C5H12.C2H6/c1-14(22(2,3)4)18-12-10-17-9-8-15-6-5-7-16-11-13-19(18)21(17)20(15)16;1-4-10-15(6-3)17-16(11-5-2)14-12-8-7-9-13-14;1-5(2,3)4;1-2/h5,7-8,10-14H,6,9H2,1-4H3;4-12,17H,13H2,1-3H3;1-4H3;1-2H3/b;10-4-,11-5-,15-6+,16-14+;;. The Hall–Kier alpha value is -3.58. The van der Waals surface area contributed by atoms with Crippen LogP contribution in [-0.2, 0) is 6.42 Å². The first kappa shape index (κ1) is 38.6. The summed E-state index contributed by atoms with van der Waals surface area (Å²) in [6.07, 6.45) is 29.0. The van der Waals surface area contributed by atoms with Crippen molar-refractivity contribution in [1.29, 1.82) is 0 Å². The summed E-state index contributed by atoms with van der Waals surface area (Å²) in [4.78, 5) is 0. The van der Waals surface area contributed by atoms with Crippen LogP contribution in [0.1, 0.15) is 131 Å². The fraction of sp³-hybridized carbons (Fsp3) is 0.422. The van der Waals surface area contributed by atoms with Gasteiger partial charge in [-0.3, -0.25) is 0 Å². The van der Waals surface area contributed by atoms with Gasteiger partial charge in [0.25, 0.3) is 0 Å². The van der Waals surface area contributed by atoms with E-state index in [1.165, 1.54) is 49.9 Å². The molecule has 2 aromatic carbocycles. The molecule has 0 radical (unpaired) electrons. The van der Waals surface area contributed by atoms with Crippen molar-refractivity contribution in [3.05, 3.63) is 130 Å². The Labute approximate surface area is 283 Å². The molecule has 3 aliphatic carbocycles. The molecule has 248 valence electrons. The lowest BCUT2D eigenvalue weighted by molar-refractivity contribution is 0.341. The highest BCUT2D eigenvalue weighted by Crippen LogP contribution is 2.44. The molecule has 0 fully saturated rings. The zero-order valence-corrected chi connectivity index (χ0v) is 31.4. The normalized spacial score (nSPS) is 17.0. The largest absolute Gasteiger partial charge is 0.356 e. The van der Waals surface area contributed by atoms with Crippen LogP contribution < -0.4 is 5.32 Å². The number of hydrogen-bond donors (Lipinski definition) is 1. The Kier molecular flexibility index (Phi) is 15.1. The molecule has 2 aromatic rings. The minimum atomic E-state index is 0.285. The summed E-state index contributed by atoms with van der Waals surface area (Å²) in [5.74, 6) is 0.549. The summed E-state index contributed by atoms with van der Waals surface area (Å²) >= 11 is 0. The van der Waals surface area contributed by atoms with Crippen LogP contribution in [0.15, 0.2) is 108 Å². The smallest absolute Gasteiger partial charge is 0.0416 e. The zero-order chi connectivity index (χ0) is 34.5. The van der Waals surface area contributed by atoms with Gasteiger partial charge in [0.15, 0.2) is 0 Å². The molecule has 1 heteroatoms. The van der Waals surface area contributed by atoms with Gasteiger partial charge in [-0.25, -0.2) is 0 Å². The predicted molar refractivity (Wildman–Crippen MR) is 210 cm³/mol. The van der Waals surface area contributed by atoms with Crippen molar-refractivity contribution in [2.45, 2.75) is 115 Å². The second kappa shape index (κ2) is 17.9. The Bertz CT molecular complexity index is 1540. The number of hydrogen-bond acceptors (Lipinski definition) is 1. The molecule has 0 heterocycles. The first-order valence-corrected chi connectivity index (χ1v) is 17.5. The van der Waals surface area contributed by atoms with Crippen LogP contribution in [0.4, 0.5) is 0 Å². The van der Waals surface area contributed by atoms with Gasteiger partial charge in [-0.2, -0.15) is 0 Å². The van der Waals surface area contributed by atoms with Crippen molar-refractivity contribution in [3.8, 4) is 0 Å². The zero-order valence-electron chi connectivity index (χ0n) is 31.4. The highest BCUT2D eigenvalue weighted by atomic mass is 14.9. The Morgan fingerprint density at radius 3 is 2.02 bits per heavy atom. The maximum Gasteiger partial charge on any atom is 0.0416 e. The van der Waals surface area contributed by atoms with E-state index >= 15 is 0 Å². The molecule has 5 rings (SSSR count). The molecule has 0 saturated heterocycles. The molecule has 1 N–H and O–H groups in total. The molecule has 0 saturated carbocycles. The summed E-state index contributed by atoms with van der Waals surface area (Å²) in [6, 6.07) is 9.41. The number of nitrogens with one attached hydrogen (secondary N) is 1. The van der Waals surface area contributed by atoms with Crippen LogP contribution in [-0.4, -0.2) is 0 Å². The summed E-state index contributed by atoms with van der Waals surface area (Å²) in [5.41, 5.74) is 11.8. The number of benzene rings is 2. The van der Waals surface area contributed by atoms with Gasteiger partial charge < -0.3 is 5.32 Å². The van der Waals surface area contributed by atoms with Crippen molar-refractivity contribution in [2.75, 3.05) is 0 Å². The van der Waals surface area contributed by atoms with Crippen LogP contribution in [0.25, 0.3) is 22.4 Å². The topological polar surface area (TPSA) is 12.0 Å². The third-order valence-corrected chi connectivity index (χ3v) is 8.12. The van der Waals surface area contributed by atoms with E-state index in [1.807, 2.05) is 40.7 Å². The van der Waals surface area contributed by atoms with E-state index < -0.39 is 0 Å². The monoisotopic (exact) mass is 617 g/mol. The van der Waals surface area contributed by atoms with Gasteiger partial charge in [-0.15, -0.1) is 0 Å². The van der Waals surface area contributed by atoms with Crippen molar-refractivity contribution >= 4 is 22.4 Å². The molecule has 46 heavy (non-hydrogen) atoms. The first-order chi connectivity index (χ1) is 21.8. The van der Waals surface area contributed by atoms with Crippen LogP contribution in [0.2, 0.25) is 0 Å². The van der Waals surface area contributed by atoms with Crippen LogP contribution in [0.3, 0.4) is 0 Å². The first-order valence-electron chi connectivity index (χ1n) is 17.5. The third kappa shape index (κ3) is 11.0. The van der Waals surface area contributed by atoms with Crippen molar-refractivity contribution in [3.63, 3.8) is 0 Å². The van der Waals surface area contributed by atoms with E-state index in [4.69, 9.17) is 0 Å². The molecule has 1 nitrogen and oxygen atoms in total. The molecular formula is C45H63N. The lowest BCUT2D eigenvalue weighted by Gasteiger charge is -2.31. The van der Waals surface area contributed by atoms with Gasteiger partial charge in [0, 0.05) is 11.4 Å². The third-order valence-electron chi connectivity index (χ3n) is 8.12. The highest BCUT2D eigenvalue weighted by Gasteiger charge is 2.26. The van der Waals surface area contributed by atoms with Crippen LogP contribution >= 0.6 is 0 Å². The fourth-order valence-electron chi connectivity index (χ4n) is 5.54. The van der Waals surface area contributed by atoms with Crippen molar-refractivity contribution in [2.24, 2.45) is 10.8 Å². The number of allylic oxidation sites excluding steroid dienone is 13. The second-order valence-electron chi connectivity index (χ2n) is 14.7. The fourth-order valence-corrected chi connectivity index (χ4v) is 5.54. The Morgan fingerprint density at radius 1 is 0.783 bits per heavy atom. The van der Waals surface area contributed by atoms with Crippen molar-refractivity contribution < 1.29 is 0 Å². The molecule has 0 aliphatic heterocycles. The van der Waals surface area contributed by atoms with Gasteiger partial charge in [0.05, 0.1) is 0 Å². The van der Waals surface area contributed by atoms with Gasteiger partial charge in [-0.1, -0.05) is 154 Å². The van der Waals surface area contributed by atoms with Gasteiger partial charge in [0.1, 0.15) is 0 Å². The summed E-state index contributed by atoms with van der Waals surface area (Å²) < 4.78 is 0. The predicted octanol–water partition coefficient (Wildman–Crippen LogP) is 13.8. The van der Waals surface area contributed by atoms with Gasteiger partial charge >= 0.3 is 0 Å². The molecule has 1 atom stereocenters. The van der Waals surface area contributed by atoms with Crippen LogP contribution in [0.5, 0.6) is 0 Å². The minimum absolute atomic E-state index is 0.285. The average Bonchev–Trinajstić information content (AvgIpc) is 3.03. The summed E-state index contributed by atoms with van der Waals surface area (Å²) in [5, 5.41) is 6.45. The lowest BCUT2D eigenvalue weighted by Crippen LogP contribution is -2.16. The molecule has 0 amide bonds.